The first-order chi connectivity index (χ1) is 13.1. The summed E-state index contributed by atoms with van der Waals surface area (Å²) < 4.78 is 28.8. The number of benzene rings is 4. The second-order valence-corrected chi connectivity index (χ2v) is 8.44. The van der Waals surface area contributed by atoms with Crippen LogP contribution >= 0.6 is 0 Å². The summed E-state index contributed by atoms with van der Waals surface area (Å²) in [6.45, 7) is 0. The van der Waals surface area contributed by atoms with E-state index >= 15 is 0 Å². The highest BCUT2D eigenvalue weighted by molar-refractivity contribution is 7.93. The van der Waals surface area contributed by atoms with Crippen molar-refractivity contribution in [2.24, 2.45) is 0 Å². The topological polar surface area (TPSA) is 46.2 Å². The van der Waals surface area contributed by atoms with Gasteiger partial charge in [0.2, 0.25) is 0 Å². The van der Waals surface area contributed by atoms with Gasteiger partial charge in [0, 0.05) is 11.1 Å². The van der Waals surface area contributed by atoms with E-state index < -0.39 is 10.0 Å². The van der Waals surface area contributed by atoms with Gasteiger partial charge < -0.3 is 0 Å². The molecular weight excluding hydrogens is 354 g/mol. The van der Waals surface area contributed by atoms with Crippen molar-refractivity contribution in [3.05, 3.63) is 96.1 Å². The van der Waals surface area contributed by atoms with E-state index in [9.17, 15) is 8.42 Å². The monoisotopic (exact) mass is 371 g/mol. The van der Waals surface area contributed by atoms with Crippen molar-refractivity contribution in [1.29, 1.82) is 0 Å². The SMILES string of the molecule is O=S(=O)(Nc1ccc2c(c1)Cc1ccccc1-2)c1cccc2ccccc12. The lowest BCUT2D eigenvalue weighted by atomic mass is 10.1. The first-order valence-electron chi connectivity index (χ1n) is 8.84. The first kappa shape index (κ1) is 16.1. The van der Waals surface area contributed by atoms with Crippen molar-refractivity contribution >= 4 is 26.5 Å². The zero-order chi connectivity index (χ0) is 18.4. The molecule has 0 saturated heterocycles. The number of anilines is 1. The summed E-state index contributed by atoms with van der Waals surface area (Å²) in [6.07, 6.45) is 0.829. The zero-order valence-corrected chi connectivity index (χ0v) is 15.3. The molecule has 0 unspecified atom stereocenters. The molecule has 0 bridgehead atoms. The van der Waals surface area contributed by atoms with E-state index in [1.54, 1.807) is 12.1 Å². The van der Waals surface area contributed by atoms with Crippen LogP contribution in [0.2, 0.25) is 0 Å². The van der Waals surface area contributed by atoms with Crippen molar-refractivity contribution in [2.75, 3.05) is 4.72 Å². The maximum absolute atomic E-state index is 13.0. The van der Waals surface area contributed by atoms with Crippen LogP contribution in [0.1, 0.15) is 11.1 Å². The predicted molar refractivity (Wildman–Crippen MR) is 109 cm³/mol. The van der Waals surface area contributed by atoms with E-state index in [0.717, 1.165) is 22.8 Å². The van der Waals surface area contributed by atoms with E-state index in [-0.39, 0.29) is 0 Å². The summed E-state index contributed by atoms with van der Waals surface area (Å²) in [6, 6.07) is 26.9. The fourth-order valence-electron chi connectivity index (χ4n) is 3.85. The third-order valence-electron chi connectivity index (χ3n) is 5.09. The van der Waals surface area contributed by atoms with Gasteiger partial charge in [0.25, 0.3) is 10.0 Å². The van der Waals surface area contributed by atoms with Crippen LogP contribution in [0.5, 0.6) is 0 Å². The third kappa shape index (κ3) is 2.69. The Bertz CT molecular complexity index is 1290. The predicted octanol–water partition coefficient (Wildman–Crippen LogP) is 5.21. The molecule has 4 aromatic carbocycles. The van der Waals surface area contributed by atoms with Crippen molar-refractivity contribution in [2.45, 2.75) is 11.3 Å². The van der Waals surface area contributed by atoms with E-state index in [4.69, 9.17) is 0 Å². The van der Waals surface area contributed by atoms with Crippen molar-refractivity contribution in [3.8, 4) is 11.1 Å². The highest BCUT2D eigenvalue weighted by Crippen LogP contribution is 2.38. The number of rotatable bonds is 3. The van der Waals surface area contributed by atoms with Gasteiger partial charge in [-0.15, -0.1) is 0 Å². The van der Waals surface area contributed by atoms with Crippen molar-refractivity contribution < 1.29 is 8.42 Å². The van der Waals surface area contributed by atoms with Crippen LogP contribution in [0.4, 0.5) is 5.69 Å². The molecule has 132 valence electrons. The molecule has 4 heteroatoms. The van der Waals surface area contributed by atoms with Gasteiger partial charge in [0.15, 0.2) is 0 Å². The fourth-order valence-corrected chi connectivity index (χ4v) is 5.13. The van der Waals surface area contributed by atoms with Crippen LogP contribution in [-0.2, 0) is 16.4 Å². The molecule has 1 aliphatic rings. The average Bonchev–Trinajstić information content (AvgIpc) is 3.05. The Morgan fingerprint density at radius 1 is 0.704 bits per heavy atom. The smallest absolute Gasteiger partial charge is 0.262 e. The fraction of sp³-hybridized carbons (Fsp3) is 0.0435. The molecule has 4 aromatic rings. The number of fused-ring (bicyclic) bond motifs is 4. The van der Waals surface area contributed by atoms with Gasteiger partial charge in [0.1, 0.15) is 0 Å². The molecule has 0 heterocycles. The lowest BCUT2D eigenvalue weighted by molar-refractivity contribution is 0.602. The van der Waals surface area contributed by atoms with Gasteiger partial charge >= 0.3 is 0 Å². The maximum Gasteiger partial charge on any atom is 0.262 e. The van der Waals surface area contributed by atoms with Crippen LogP contribution in [0.3, 0.4) is 0 Å². The largest absolute Gasteiger partial charge is 0.280 e. The van der Waals surface area contributed by atoms with Crippen LogP contribution < -0.4 is 4.72 Å². The molecule has 1 N–H and O–H groups in total. The summed E-state index contributed by atoms with van der Waals surface area (Å²) in [4.78, 5) is 0.296. The van der Waals surface area contributed by atoms with Gasteiger partial charge in [-0.2, -0.15) is 0 Å². The quantitative estimate of drug-likeness (QED) is 0.473. The molecule has 0 aromatic heterocycles. The van der Waals surface area contributed by atoms with Crippen LogP contribution in [0.25, 0.3) is 21.9 Å². The Hall–Kier alpha value is -3.11. The molecule has 1 aliphatic carbocycles. The minimum Gasteiger partial charge on any atom is -0.280 e. The summed E-state index contributed by atoms with van der Waals surface area (Å²) in [5.41, 5.74) is 5.43. The summed E-state index contributed by atoms with van der Waals surface area (Å²) in [5.74, 6) is 0. The first-order valence-corrected chi connectivity index (χ1v) is 10.3. The second-order valence-electron chi connectivity index (χ2n) is 6.79. The van der Waals surface area contributed by atoms with Crippen molar-refractivity contribution in [3.63, 3.8) is 0 Å². The van der Waals surface area contributed by atoms with E-state index in [1.807, 2.05) is 60.7 Å². The average molecular weight is 371 g/mol. The highest BCUT2D eigenvalue weighted by atomic mass is 32.2. The molecule has 0 spiro atoms. The minimum atomic E-state index is -3.67. The number of hydrogen-bond acceptors (Lipinski definition) is 2. The Balaban J connectivity index is 1.53. The lowest BCUT2D eigenvalue weighted by Gasteiger charge is -2.12. The zero-order valence-electron chi connectivity index (χ0n) is 14.5. The number of hydrogen-bond donors (Lipinski definition) is 1. The molecule has 27 heavy (non-hydrogen) atoms. The number of nitrogens with one attached hydrogen (secondary N) is 1. The van der Waals surface area contributed by atoms with E-state index in [2.05, 4.69) is 16.9 Å². The van der Waals surface area contributed by atoms with Gasteiger partial charge in [-0.3, -0.25) is 4.72 Å². The summed E-state index contributed by atoms with van der Waals surface area (Å²) >= 11 is 0. The standard InChI is InChI=1S/C23H17NO2S/c25-27(26,23-11-5-8-16-6-1-4-10-22(16)23)24-19-12-13-21-18(15-19)14-17-7-2-3-9-20(17)21/h1-13,15,24H,14H2. The molecule has 0 fully saturated rings. The van der Waals surface area contributed by atoms with Gasteiger partial charge in [-0.05, 0) is 52.3 Å². The van der Waals surface area contributed by atoms with Gasteiger partial charge in [-0.1, -0.05) is 66.7 Å². The second kappa shape index (κ2) is 5.96. The molecule has 0 amide bonds. The summed E-state index contributed by atoms with van der Waals surface area (Å²) in [7, 11) is -3.67. The summed E-state index contributed by atoms with van der Waals surface area (Å²) in [5, 5.41) is 1.63. The highest BCUT2D eigenvalue weighted by Gasteiger charge is 2.21. The maximum atomic E-state index is 13.0. The molecule has 0 saturated carbocycles. The minimum absolute atomic E-state index is 0.296. The molecule has 3 nitrogen and oxygen atoms in total. The molecular formula is C23H17NO2S. The molecule has 0 atom stereocenters. The van der Waals surface area contributed by atoms with Crippen LogP contribution in [-0.4, -0.2) is 8.42 Å². The Labute approximate surface area is 158 Å². The van der Waals surface area contributed by atoms with Crippen molar-refractivity contribution in [1.82, 2.24) is 0 Å². The van der Waals surface area contributed by atoms with Crippen LogP contribution in [0.15, 0.2) is 89.8 Å². The Morgan fingerprint density at radius 2 is 1.44 bits per heavy atom. The normalized spacial score (nSPS) is 12.6. The molecule has 0 radical (unpaired) electrons. The molecule has 0 aliphatic heterocycles. The van der Waals surface area contributed by atoms with Crippen LogP contribution in [0, 0.1) is 0 Å². The lowest BCUT2D eigenvalue weighted by Crippen LogP contribution is -2.13. The van der Waals surface area contributed by atoms with E-state index in [1.165, 1.54) is 16.7 Å². The number of sulfonamides is 1. The van der Waals surface area contributed by atoms with E-state index in [0.29, 0.717) is 10.6 Å². The third-order valence-corrected chi connectivity index (χ3v) is 6.52. The molecule has 5 rings (SSSR count). The van der Waals surface area contributed by atoms with Gasteiger partial charge in [0.05, 0.1) is 4.90 Å². The Kier molecular flexibility index (Phi) is 3.55. The van der Waals surface area contributed by atoms with Gasteiger partial charge in [-0.25, -0.2) is 8.42 Å². The Morgan fingerprint density at radius 3 is 2.37 bits per heavy atom.